The molecule has 1 heterocycles. The number of nitrogens with zero attached hydrogens (tertiary/aromatic N) is 2. The summed E-state index contributed by atoms with van der Waals surface area (Å²) < 4.78 is 9.81. The molecule has 3 rings (SSSR count). The highest BCUT2D eigenvalue weighted by atomic mass is 16.6. The van der Waals surface area contributed by atoms with Crippen molar-refractivity contribution < 1.29 is 14.3 Å². The van der Waals surface area contributed by atoms with E-state index in [1.165, 1.54) is 7.11 Å². The van der Waals surface area contributed by atoms with Crippen LogP contribution in [0.1, 0.15) is 11.4 Å². The molecule has 2 aromatic carbocycles. The highest BCUT2D eigenvalue weighted by molar-refractivity contribution is 5.90. The van der Waals surface area contributed by atoms with Gasteiger partial charge in [0.15, 0.2) is 6.61 Å². The molecule has 0 aliphatic carbocycles. The van der Waals surface area contributed by atoms with Crippen molar-refractivity contribution in [3.63, 3.8) is 0 Å². The van der Waals surface area contributed by atoms with Gasteiger partial charge in [0.1, 0.15) is 17.6 Å². The Morgan fingerprint density at radius 1 is 1.24 bits per heavy atom. The molecule has 1 aromatic heterocycles. The Morgan fingerprint density at radius 3 is 2.68 bits per heavy atom. The summed E-state index contributed by atoms with van der Waals surface area (Å²) >= 11 is 0. The van der Waals surface area contributed by atoms with Crippen LogP contribution in [0.2, 0.25) is 0 Å². The van der Waals surface area contributed by atoms with Crippen LogP contribution in [0.5, 0.6) is 5.75 Å². The molecule has 0 atom stereocenters. The smallest absolute Gasteiger partial charge is 0.343 e. The lowest BCUT2D eigenvalue weighted by molar-refractivity contribution is -0.142. The lowest BCUT2D eigenvalue weighted by Gasteiger charge is -2.04. The van der Waals surface area contributed by atoms with Crippen LogP contribution >= 0.6 is 0 Å². The molecule has 0 saturated heterocycles. The van der Waals surface area contributed by atoms with Crippen molar-refractivity contribution in [3.05, 3.63) is 59.9 Å². The fourth-order valence-electron chi connectivity index (χ4n) is 2.26. The monoisotopic (exact) mass is 333 g/mol. The normalized spacial score (nSPS) is 11.1. The molecule has 6 heteroatoms. The van der Waals surface area contributed by atoms with Gasteiger partial charge < -0.3 is 14.5 Å². The molecule has 0 radical (unpaired) electrons. The van der Waals surface area contributed by atoms with Gasteiger partial charge in [-0.15, -0.1) is 0 Å². The largest absolute Gasteiger partial charge is 0.482 e. The van der Waals surface area contributed by atoms with E-state index < -0.39 is 5.97 Å². The summed E-state index contributed by atoms with van der Waals surface area (Å²) in [4.78, 5) is 18.6. The number of aromatic amines is 1. The molecule has 0 aliphatic rings. The van der Waals surface area contributed by atoms with Crippen LogP contribution in [-0.2, 0) is 9.53 Å². The number of carbonyl (C=O) groups is 1. The van der Waals surface area contributed by atoms with Crippen LogP contribution in [0.4, 0.5) is 0 Å². The molecule has 0 aliphatic heterocycles. The number of allylic oxidation sites excluding steroid dienone is 1. The minimum atomic E-state index is -0.444. The molecule has 0 fully saturated rings. The van der Waals surface area contributed by atoms with Crippen LogP contribution in [0.3, 0.4) is 0 Å². The van der Waals surface area contributed by atoms with Crippen LogP contribution in [-0.4, -0.2) is 29.7 Å². The second-order valence-corrected chi connectivity index (χ2v) is 5.21. The van der Waals surface area contributed by atoms with Gasteiger partial charge in [-0.05, 0) is 35.9 Å². The van der Waals surface area contributed by atoms with Gasteiger partial charge in [0.25, 0.3) is 0 Å². The average Bonchev–Trinajstić information content (AvgIpc) is 3.09. The number of rotatable bonds is 5. The lowest BCUT2D eigenvalue weighted by atomic mass is 10.1. The second kappa shape index (κ2) is 7.32. The molecule has 25 heavy (non-hydrogen) atoms. The van der Waals surface area contributed by atoms with Gasteiger partial charge in [0, 0.05) is 0 Å². The van der Waals surface area contributed by atoms with E-state index in [9.17, 15) is 10.1 Å². The van der Waals surface area contributed by atoms with E-state index in [0.29, 0.717) is 17.1 Å². The Hall–Kier alpha value is -3.59. The maximum atomic E-state index is 11.1. The highest BCUT2D eigenvalue weighted by Gasteiger charge is 2.08. The minimum absolute atomic E-state index is 0.145. The summed E-state index contributed by atoms with van der Waals surface area (Å²) in [6.07, 6.45) is 1.74. The van der Waals surface area contributed by atoms with Crippen molar-refractivity contribution in [2.45, 2.75) is 0 Å². The van der Waals surface area contributed by atoms with Crippen LogP contribution < -0.4 is 4.74 Å². The first kappa shape index (κ1) is 16.3. The molecular formula is C19H15N3O3. The predicted molar refractivity (Wildman–Crippen MR) is 93.5 cm³/mol. The SMILES string of the molecule is COC(=O)COc1ccc(/C=C(/C#N)c2nc3ccccc3[nH]2)cc1. The number of aromatic nitrogens is 2. The maximum absolute atomic E-state index is 11.1. The van der Waals surface area contributed by atoms with Crippen molar-refractivity contribution in [1.82, 2.24) is 9.97 Å². The number of H-pyrrole nitrogens is 1. The van der Waals surface area contributed by atoms with Crippen molar-refractivity contribution >= 4 is 28.7 Å². The number of imidazole rings is 1. The number of para-hydroxylation sites is 2. The van der Waals surface area contributed by atoms with E-state index in [2.05, 4.69) is 20.8 Å². The first-order valence-corrected chi connectivity index (χ1v) is 7.56. The fourth-order valence-corrected chi connectivity index (χ4v) is 2.26. The first-order chi connectivity index (χ1) is 12.2. The molecule has 124 valence electrons. The number of hydrogen-bond donors (Lipinski definition) is 1. The van der Waals surface area contributed by atoms with Gasteiger partial charge in [-0.25, -0.2) is 9.78 Å². The molecule has 0 amide bonds. The molecule has 6 nitrogen and oxygen atoms in total. The maximum Gasteiger partial charge on any atom is 0.343 e. The van der Waals surface area contributed by atoms with E-state index in [0.717, 1.165) is 16.6 Å². The molecule has 0 saturated carbocycles. The van der Waals surface area contributed by atoms with E-state index >= 15 is 0 Å². The number of ether oxygens (including phenoxy) is 2. The van der Waals surface area contributed by atoms with Gasteiger partial charge in [0.05, 0.1) is 23.7 Å². The van der Waals surface area contributed by atoms with Gasteiger partial charge >= 0.3 is 5.97 Å². The third kappa shape index (κ3) is 3.85. The Labute approximate surface area is 144 Å². The summed E-state index contributed by atoms with van der Waals surface area (Å²) in [5.41, 5.74) is 2.94. The van der Waals surface area contributed by atoms with Gasteiger partial charge in [-0.2, -0.15) is 5.26 Å². The number of esters is 1. The fraction of sp³-hybridized carbons (Fsp3) is 0.105. The Balaban J connectivity index is 1.80. The molecule has 0 bridgehead atoms. The van der Waals surface area contributed by atoms with E-state index in [-0.39, 0.29) is 6.61 Å². The third-order valence-electron chi connectivity index (χ3n) is 3.54. The molecular weight excluding hydrogens is 318 g/mol. The molecule has 0 spiro atoms. The number of carbonyl (C=O) groups excluding carboxylic acids is 1. The van der Waals surface area contributed by atoms with Crippen LogP contribution in [0, 0.1) is 11.3 Å². The number of nitrogens with one attached hydrogen (secondary N) is 1. The first-order valence-electron chi connectivity index (χ1n) is 7.56. The van der Waals surface area contributed by atoms with E-state index in [1.807, 2.05) is 24.3 Å². The number of hydrogen-bond acceptors (Lipinski definition) is 5. The van der Waals surface area contributed by atoms with Crippen molar-refractivity contribution in [2.24, 2.45) is 0 Å². The van der Waals surface area contributed by atoms with Crippen molar-refractivity contribution in [1.29, 1.82) is 5.26 Å². The number of nitriles is 1. The molecule has 3 aromatic rings. The average molecular weight is 333 g/mol. The highest BCUT2D eigenvalue weighted by Crippen LogP contribution is 2.20. The molecule has 0 unspecified atom stereocenters. The standard InChI is InChI=1S/C19H15N3O3/c1-24-18(23)12-25-15-8-6-13(7-9-15)10-14(11-20)19-21-16-4-2-3-5-17(16)22-19/h2-10H,12H2,1H3,(H,21,22)/b14-10-. The predicted octanol–water partition coefficient (Wildman–Crippen LogP) is 3.18. The minimum Gasteiger partial charge on any atom is -0.482 e. The van der Waals surface area contributed by atoms with Gasteiger partial charge in [0.2, 0.25) is 0 Å². The summed E-state index contributed by atoms with van der Waals surface area (Å²) in [5.74, 6) is 0.625. The van der Waals surface area contributed by atoms with Crippen LogP contribution in [0.25, 0.3) is 22.7 Å². The summed E-state index contributed by atoms with van der Waals surface area (Å²) in [7, 11) is 1.31. The second-order valence-electron chi connectivity index (χ2n) is 5.21. The summed E-state index contributed by atoms with van der Waals surface area (Å²) in [6.45, 7) is -0.145. The van der Waals surface area contributed by atoms with Crippen molar-refractivity contribution in [2.75, 3.05) is 13.7 Å². The number of fused-ring (bicyclic) bond motifs is 1. The zero-order chi connectivity index (χ0) is 17.6. The third-order valence-corrected chi connectivity index (χ3v) is 3.54. The molecule has 1 N–H and O–H groups in total. The lowest BCUT2D eigenvalue weighted by Crippen LogP contribution is -2.12. The van der Waals surface area contributed by atoms with Gasteiger partial charge in [-0.3, -0.25) is 0 Å². The topological polar surface area (TPSA) is 88.0 Å². The van der Waals surface area contributed by atoms with Crippen LogP contribution in [0.15, 0.2) is 48.5 Å². The van der Waals surface area contributed by atoms with Crippen molar-refractivity contribution in [3.8, 4) is 11.8 Å². The quantitative estimate of drug-likeness (QED) is 0.572. The Kier molecular flexibility index (Phi) is 4.77. The van der Waals surface area contributed by atoms with Gasteiger partial charge in [-0.1, -0.05) is 24.3 Å². The summed E-state index contributed by atoms with van der Waals surface area (Å²) in [6, 6.07) is 16.8. The van der Waals surface area contributed by atoms with E-state index in [1.54, 1.807) is 30.3 Å². The number of methoxy groups -OCH3 is 1. The Bertz CT molecular complexity index is 932. The zero-order valence-corrected chi connectivity index (χ0v) is 13.5. The Morgan fingerprint density at radius 2 is 2.00 bits per heavy atom. The number of benzene rings is 2. The zero-order valence-electron chi connectivity index (χ0n) is 13.5. The van der Waals surface area contributed by atoms with E-state index in [4.69, 9.17) is 4.74 Å². The summed E-state index contributed by atoms with van der Waals surface area (Å²) in [5, 5.41) is 9.44.